The standard InChI is InChI=1S/C21H21Cl2NO2/c22-17-6-3-7-18(23)16(17)12-13-10-11-24(21(13)26)19-8-1-5-15-14(19)4-2-9-20(15)25/h2-4,6-7,9,13,19,25H,1,5,8,10-12H2. The molecule has 1 amide bonds. The van der Waals surface area contributed by atoms with Crippen molar-refractivity contribution in [2.75, 3.05) is 6.54 Å². The van der Waals surface area contributed by atoms with E-state index in [1.54, 1.807) is 6.07 Å². The van der Waals surface area contributed by atoms with Crippen molar-refractivity contribution in [3.63, 3.8) is 0 Å². The van der Waals surface area contributed by atoms with E-state index in [2.05, 4.69) is 0 Å². The van der Waals surface area contributed by atoms with Gasteiger partial charge in [-0.3, -0.25) is 4.79 Å². The first-order chi connectivity index (χ1) is 12.6. The zero-order valence-electron chi connectivity index (χ0n) is 14.4. The average Bonchev–Trinajstić information content (AvgIpc) is 2.99. The molecule has 1 aliphatic heterocycles. The van der Waals surface area contributed by atoms with E-state index in [0.717, 1.165) is 48.9 Å². The number of rotatable bonds is 3. The van der Waals surface area contributed by atoms with E-state index in [1.165, 1.54) is 0 Å². The number of benzene rings is 2. The van der Waals surface area contributed by atoms with E-state index < -0.39 is 0 Å². The van der Waals surface area contributed by atoms with Crippen molar-refractivity contribution >= 4 is 29.1 Å². The SMILES string of the molecule is O=C1C(Cc2c(Cl)cccc2Cl)CCN1C1CCCc2c(O)cccc21. The lowest BCUT2D eigenvalue weighted by Crippen LogP contribution is -2.34. The summed E-state index contributed by atoms with van der Waals surface area (Å²) < 4.78 is 0. The summed E-state index contributed by atoms with van der Waals surface area (Å²) >= 11 is 12.6. The van der Waals surface area contributed by atoms with Crippen LogP contribution in [-0.4, -0.2) is 22.5 Å². The van der Waals surface area contributed by atoms with Crippen molar-refractivity contribution in [1.82, 2.24) is 4.90 Å². The van der Waals surface area contributed by atoms with E-state index in [9.17, 15) is 9.90 Å². The van der Waals surface area contributed by atoms with Gasteiger partial charge in [0.15, 0.2) is 0 Å². The number of halogens is 2. The maximum Gasteiger partial charge on any atom is 0.226 e. The number of hydrogen-bond donors (Lipinski definition) is 1. The molecule has 2 aromatic rings. The summed E-state index contributed by atoms with van der Waals surface area (Å²) in [6, 6.07) is 11.2. The van der Waals surface area contributed by atoms with Crippen LogP contribution in [0.5, 0.6) is 5.75 Å². The molecule has 4 rings (SSSR count). The van der Waals surface area contributed by atoms with Crippen LogP contribution in [0.3, 0.4) is 0 Å². The number of nitrogens with zero attached hydrogens (tertiary/aromatic N) is 1. The number of phenols is 1. The van der Waals surface area contributed by atoms with Crippen LogP contribution in [0.1, 0.15) is 42.0 Å². The molecule has 1 heterocycles. The molecule has 0 aromatic heterocycles. The van der Waals surface area contributed by atoms with E-state index in [1.807, 2.05) is 35.2 Å². The monoisotopic (exact) mass is 389 g/mol. The van der Waals surface area contributed by atoms with Crippen LogP contribution in [0.15, 0.2) is 36.4 Å². The third-order valence-electron chi connectivity index (χ3n) is 5.69. The molecule has 26 heavy (non-hydrogen) atoms. The highest BCUT2D eigenvalue weighted by atomic mass is 35.5. The lowest BCUT2D eigenvalue weighted by Gasteiger charge is -2.33. The minimum Gasteiger partial charge on any atom is -0.508 e. The predicted molar refractivity (Wildman–Crippen MR) is 104 cm³/mol. The van der Waals surface area contributed by atoms with Gasteiger partial charge in [0, 0.05) is 22.5 Å². The number of hydrogen-bond acceptors (Lipinski definition) is 2. The third kappa shape index (κ3) is 3.08. The molecule has 1 aliphatic carbocycles. The fourth-order valence-electron chi connectivity index (χ4n) is 4.36. The second-order valence-electron chi connectivity index (χ2n) is 7.17. The summed E-state index contributed by atoms with van der Waals surface area (Å²) in [6.45, 7) is 0.741. The fourth-order valence-corrected chi connectivity index (χ4v) is 4.92. The Morgan fingerprint density at radius 3 is 2.58 bits per heavy atom. The lowest BCUT2D eigenvalue weighted by atomic mass is 9.86. The zero-order chi connectivity index (χ0) is 18.3. The first-order valence-electron chi connectivity index (χ1n) is 9.10. The van der Waals surface area contributed by atoms with Gasteiger partial charge in [-0.05, 0) is 67.0 Å². The Balaban J connectivity index is 1.57. The molecule has 2 aromatic carbocycles. The van der Waals surface area contributed by atoms with Crippen LogP contribution < -0.4 is 0 Å². The maximum atomic E-state index is 13.1. The van der Waals surface area contributed by atoms with Gasteiger partial charge in [-0.1, -0.05) is 41.4 Å². The predicted octanol–water partition coefficient (Wildman–Crippen LogP) is 5.17. The second kappa shape index (κ2) is 7.13. The second-order valence-corrected chi connectivity index (χ2v) is 7.99. The molecule has 2 aliphatic rings. The van der Waals surface area contributed by atoms with E-state index in [4.69, 9.17) is 23.2 Å². The Bertz CT molecular complexity index is 832. The molecular weight excluding hydrogens is 369 g/mol. The molecule has 1 saturated heterocycles. The van der Waals surface area contributed by atoms with E-state index in [0.29, 0.717) is 22.2 Å². The molecule has 2 unspecified atom stereocenters. The molecule has 0 spiro atoms. The van der Waals surface area contributed by atoms with Gasteiger partial charge in [-0.15, -0.1) is 0 Å². The van der Waals surface area contributed by atoms with Crippen LogP contribution in [0, 0.1) is 5.92 Å². The van der Waals surface area contributed by atoms with E-state index in [-0.39, 0.29) is 17.9 Å². The van der Waals surface area contributed by atoms with Gasteiger partial charge in [-0.25, -0.2) is 0 Å². The van der Waals surface area contributed by atoms with Crippen molar-refractivity contribution in [3.05, 3.63) is 63.1 Å². The number of carbonyl (C=O) groups is 1. The highest BCUT2D eigenvalue weighted by molar-refractivity contribution is 6.36. The van der Waals surface area contributed by atoms with Gasteiger partial charge in [-0.2, -0.15) is 0 Å². The molecule has 0 radical (unpaired) electrons. The van der Waals surface area contributed by atoms with Crippen molar-refractivity contribution < 1.29 is 9.90 Å². The van der Waals surface area contributed by atoms with Gasteiger partial charge in [0.05, 0.1) is 6.04 Å². The first kappa shape index (κ1) is 17.7. The number of likely N-dealkylation sites (tertiary alicyclic amines) is 1. The quantitative estimate of drug-likeness (QED) is 0.786. The van der Waals surface area contributed by atoms with Gasteiger partial charge in [0.1, 0.15) is 5.75 Å². The fraction of sp³-hybridized carbons (Fsp3) is 0.381. The van der Waals surface area contributed by atoms with Crippen LogP contribution in [-0.2, 0) is 17.6 Å². The van der Waals surface area contributed by atoms with Crippen molar-refractivity contribution in [2.24, 2.45) is 5.92 Å². The number of fused-ring (bicyclic) bond motifs is 1. The van der Waals surface area contributed by atoms with Crippen LogP contribution in [0.4, 0.5) is 0 Å². The smallest absolute Gasteiger partial charge is 0.226 e. The Morgan fingerprint density at radius 2 is 1.81 bits per heavy atom. The Hall–Kier alpha value is -1.71. The molecule has 1 N–H and O–H groups in total. The Kier molecular flexibility index (Phi) is 4.85. The molecule has 136 valence electrons. The van der Waals surface area contributed by atoms with Gasteiger partial charge in [0.25, 0.3) is 0 Å². The zero-order valence-corrected chi connectivity index (χ0v) is 15.9. The summed E-state index contributed by atoms with van der Waals surface area (Å²) in [5.74, 6) is 0.426. The summed E-state index contributed by atoms with van der Waals surface area (Å²) in [5.41, 5.74) is 2.95. The third-order valence-corrected chi connectivity index (χ3v) is 6.40. The highest BCUT2D eigenvalue weighted by Crippen LogP contribution is 2.41. The summed E-state index contributed by atoms with van der Waals surface area (Å²) in [4.78, 5) is 15.1. The van der Waals surface area contributed by atoms with Crippen LogP contribution in [0.2, 0.25) is 10.0 Å². The number of amides is 1. The molecule has 1 fully saturated rings. The molecule has 0 saturated carbocycles. The van der Waals surface area contributed by atoms with Crippen LogP contribution >= 0.6 is 23.2 Å². The number of phenolic OH excluding ortho intramolecular Hbond substituents is 1. The molecule has 2 atom stereocenters. The lowest BCUT2D eigenvalue weighted by molar-refractivity contribution is -0.133. The average molecular weight is 390 g/mol. The maximum absolute atomic E-state index is 13.1. The highest BCUT2D eigenvalue weighted by Gasteiger charge is 2.38. The topological polar surface area (TPSA) is 40.5 Å². The minimum atomic E-state index is -0.0879. The summed E-state index contributed by atoms with van der Waals surface area (Å²) in [7, 11) is 0. The Morgan fingerprint density at radius 1 is 1.08 bits per heavy atom. The van der Waals surface area contributed by atoms with Crippen LogP contribution in [0.25, 0.3) is 0 Å². The molecular formula is C21H21Cl2NO2. The Labute approximate surface area is 163 Å². The molecule has 5 heteroatoms. The number of carbonyl (C=O) groups excluding carboxylic acids is 1. The normalized spacial score (nSPS) is 22.5. The molecule has 0 bridgehead atoms. The summed E-state index contributed by atoms with van der Waals surface area (Å²) in [5, 5.41) is 11.4. The molecule has 3 nitrogen and oxygen atoms in total. The van der Waals surface area contributed by atoms with Gasteiger partial charge < -0.3 is 10.0 Å². The van der Waals surface area contributed by atoms with Crippen molar-refractivity contribution in [1.29, 1.82) is 0 Å². The first-order valence-corrected chi connectivity index (χ1v) is 9.86. The van der Waals surface area contributed by atoms with E-state index >= 15 is 0 Å². The minimum absolute atomic E-state index is 0.0602. The van der Waals surface area contributed by atoms with Gasteiger partial charge >= 0.3 is 0 Å². The number of aromatic hydroxyl groups is 1. The van der Waals surface area contributed by atoms with Crippen molar-refractivity contribution in [2.45, 2.75) is 38.1 Å². The summed E-state index contributed by atoms with van der Waals surface area (Å²) in [6.07, 6.45) is 4.19. The van der Waals surface area contributed by atoms with Gasteiger partial charge in [0.2, 0.25) is 5.91 Å². The van der Waals surface area contributed by atoms with Crippen molar-refractivity contribution in [3.8, 4) is 5.75 Å². The largest absolute Gasteiger partial charge is 0.508 e.